The zero-order valence-electron chi connectivity index (χ0n) is 11.8. The smallest absolute Gasteiger partial charge is 0.294 e. The van der Waals surface area contributed by atoms with E-state index in [1.165, 1.54) is 23.5 Å². The van der Waals surface area contributed by atoms with E-state index >= 15 is 0 Å². The second-order valence-corrected chi connectivity index (χ2v) is 5.94. The Hall–Kier alpha value is -1.40. The van der Waals surface area contributed by atoms with Crippen molar-refractivity contribution in [1.82, 2.24) is 10.3 Å². The van der Waals surface area contributed by atoms with Gasteiger partial charge in [-0.25, -0.2) is 4.98 Å². The molecule has 0 fully saturated rings. The zero-order valence-corrected chi connectivity index (χ0v) is 12.6. The molecular weight excluding hydrogens is 297 g/mol. The summed E-state index contributed by atoms with van der Waals surface area (Å²) in [5, 5.41) is 3.33. The molecule has 0 saturated carbocycles. The topological polar surface area (TPSA) is 24.9 Å². The third-order valence-corrected chi connectivity index (χ3v) is 4.49. The third-order valence-electron chi connectivity index (χ3n) is 3.17. The Balaban J connectivity index is 2.19. The molecule has 2 unspecified atom stereocenters. The van der Waals surface area contributed by atoms with Gasteiger partial charge in [-0.15, -0.1) is 11.3 Å². The first-order valence-electron chi connectivity index (χ1n) is 6.74. The van der Waals surface area contributed by atoms with Crippen LogP contribution in [0.1, 0.15) is 41.4 Å². The maximum absolute atomic E-state index is 13.3. The van der Waals surface area contributed by atoms with E-state index in [1.807, 2.05) is 6.92 Å². The quantitative estimate of drug-likeness (QED) is 0.868. The Morgan fingerprint density at radius 2 is 1.90 bits per heavy atom. The number of hydrogen-bond donors (Lipinski definition) is 1. The number of rotatable bonds is 5. The molecule has 0 aliphatic rings. The van der Waals surface area contributed by atoms with Gasteiger partial charge in [0.1, 0.15) is 11.0 Å². The molecule has 0 aliphatic heterocycles. The molecule has 0 aliphatic carbocycles. The van der Waals surface area contributed by atoms with Gasteiger partial charge in [-0.1, -0.05) is 37.3 Å². The fraction of sp³-hybridized carbons (Fsp3) is 0.400. The van der Waals surface area contributed by atoms with Crippen LogP contribution in [0.3, 0.4) is 0 Å². The average molecular weight is 314 g/mol. The van der Waals surface area contributed by atoms with Crippen LogP contribution in [0.2, 0.25) is 0 Å². The fourth-order valence-electron chi connectivity index (χ4n) is 2.03. The summed E-state index contributed by atoms with van der Waals surface area (Å²) in [6, 6.07) is 5.74. The summed E-state index contributed by atoms with van der Waals surface area (Å²) >= 11 is 1.45. The van der Waals surface area contributed by atoms with E-state index in [9.17, 15) is 13.2 Å². The van der Waals surface area contributed by atoms with Crippen molar-refractivity contribution in [2.45, 2.75) is 38.5 Å². The first-order chi connectivity index (χ1) is 9.91. The van der Waals surface area contributed by atoms with Crippen LogP contribution >= 0.6 is 11.3 Å². The molecule has 2 nitrogen and oxygen atoms in total. The van der Waals surface area contributed by atoms with Crippen LogP contribution in [0.15, 0.2) is 36.5 Å². The molecule has 21 heavy (non-hydrogen) atoms. The monoisotopic (exact) mass is 314 g/mol. The van der Waals surface area contributed by atoms with Gasteiger partial charge < -0.3 is 0 Å². The zero-order chi connectivity index (χ0) is 15.5. The van der Waals surface area contributed by atoms with E-state index < -0.39 is 18.3 Å². The molecule has 2 atom stereocenters. The maximum atomic E-state index is 13.3. The van der Waals surface area contributed by atoms with Gasteiger partial charge in [-0.2, -0.15) is 13.2 Å². The molecular formula is C15H17F3N2S. The summed E-state index contributed by atoms with van der Waals surface area (Å²) in [6.45, 7) is 3.71. The molecule has 1 N–H and O–H groups in total. The minimum atomic E-state index is -4.35. The van der Waals surface area contributed by atoms with Crippen LogP contribution in [0.5, 0.6) is 0 Å². The second-order valence-electron chi connectivity index (χ2n) is 4.79. The molecule has 1 aromatic carbocycles. The molecule has 114 valence electrons. The van der Waals surface area contributed by atoms with Gasteiger partial charge in [0.05, 0.1) is 6.04 Å². The normalized spacial score (nSPS) is 14.9. The summed E-state index contributed by atoms with van der Waals surface area (Å²) < 4.78 is 39.8. The molecule has 0 radical (unpaired) electrons. The summed E-state index contributed by atoms with van der Waals surface area (Å²) in [4.78, 5) is 5.28. The second kappa shape index (κ2) is 6.58. The summed E-state index contributed by atoms with van der Waals surface area (Å²) in [7, 11) is 0. The lowest BCUT2D eigenvalue weighted by Gasteiger charge is -2.25. The van der Waals surface area contributed by atoms with Crippen molar-refractivity contribution in [2.75, 3.05) is 0 Å². The highest BCUT2D eigenvalue weighted by Crippen LogP contribution is 2.35. The van der Waals surface area contributed by atoms with Crippen LogP contribution in [0.4, 0.5) is 13.2 Å². The van der Waals surface area contributed by atoms with E-state index in [-0.39, 0.29) is 5.56 Å². The number of nitrogens with one attached hydrogen (secondary N) is 1. The van der Waals surface area contributed by atoms with Gasteiger partial charge in [0.2, 0.25) is 0 Å². The Morgan fingerprint density at radius 3 is 2.43 bits per heavy atom. The number of hydrogen-bond acceptors (Lipinski definition) is 3. The van der Waals surface area contributed by atoms with E-state index in [0.29, 0.717) is 5.01 Å². The summed E-state index contributed by atoms with van der Waals surface area (Å²) in [6.07, 6.45) is -1.78. The number of aryl methyl sites for hydroxylation is 1. The molecule has 0 bridgehead atoms. The van der Waals surface area contributed by atoms with Crippen molar-refractivity contribution in [2.24, 2.45) is 0 Å². The van der Waals surface area contributed by atoms with Gasteiger partial charge in [0.15, 0.2) is 0 Å². The molecule has 0 saturated heterocycles. The Kier molecular flexibility index (Phi) is 5.00. The fourth-order valence-corrected chi connectivity index (χ4v) is 2.90. The minimum absolute atomic E-state index is 0.212. The van der Waals surface area contributed by atoms with Gasteiger partial charge >= 0.3 is 6.18 Å². The number of benzene rings is 1. The predicted molar refractivity (Wildman–Crippen MR) is 78.3 cm³/mol. The summed E-state index contributed by atoms with van der Waals surface area (Å²) in [5.74, 6) is 0. The van der Waals surface area contributed by atoms with E-state index in [2.05, 4.69) is 10.3 Å². The van der Waals surface area contributed by atoms with Crippen molar-refractivity contribution in [3.05, 3.63) is 52.0 Å². The number of nitrogens with zero attached hydrogens (tertiary/aromatic N) is 1. The van der Waals surface area contributed by atoms with Crippen LogP contribution in [-0.2, 0) is 6.42 Å². The lowest BCUT2D eigenvalue weighted by Crippen LogP contribution is -2.35. The van der Waals surface area contributed by atoms with Gasteiger partial charge in [0, 0.05) is 11.1 Å². The largest absolute Gasteiger partial charge is 0.407 e. The molecule has 2 aromatic rings. The summed E-state index contributed by atoms with van der Waals surface area (Å²) in [5.41, 5.74) is 0.212. The standard InChI is InChI=1S/C15H17F3N2S/c1-3-12-9-19-14(21-12)10(2)20-13(15(16,17)18)11-7-5-4-6-8-11/h4-10,13,20H,3H2,1-2H3. The average Bonchev–Trinajstić information content (AvgIpc) is 2.93. The first-order valence-corrected chi connectivity index (χ1v) is 7.55. The lowest BCUT2D eigenvalue weighted by atomic mass is 10.1. The lowest BCUT2D eigenvalue weighted by molar-refractivity contribution is -0.159. The number of alkyl halides is 3. The Morgan fingerprint density at radius 1 is 1.24 bits per heavy atom. The van der Waals surface area contributed by atoms with E-state index in [4.69, 9.17) is 0 Å². The van der Waals surface area contributed by atoms with Crippen molar-refractivity contribution < 1.29 is 13.2 Å². The van der Waals surface area contributed by atoms with Crippen LogP contribution < -0.4 is 5.32 Å². The highest BCUT2D eigenvalue weighted by Gasteiger charge is 2.41. The van der Waals surface area contributed by atoms with Gasteiger partial charge in [-0.3, -0.25) is 5.32 Å². The van der Waals surface area contributed by atoms with Crippen LogP contribution in [0, 0.1) is 0 Å². The maximum Gasteiger partial charge on any atom is 0.407 e. The van der Waals surface area contributed by atoms with Gasteiger partial charge in [-0.05, 0) is 18.9 Å². The van der Waals surface area contributed by atoms with Crippen molar-refractivity contribution in [1.29, 1.82) is 0 Å². The Labute approximate surface area is 126 Å². The molecule has 6 heteroatoms. The van der Waals surface area contributed by atoms with E-state index in [1.54, 1.807) is 31.3 Å². The molecule has 2 rings (SSSR count). The molecule has 0 spiro atoms. The minimum Gasteiger partial charge on any atom is -0.294 e. The highest BCUT2D eigenvalue weighted by atomic mass is 32.1. The van der Waals surface area contributed by atoms with Crippen LogP contribution in [-0.4, -0.2) is 11.2 Å². The van der Waals surface area contributed by atoms with Gasteiger partial charge in [0.25, 0.3) is 0 Å². The van der Waals surface area contributed by atoms with Crippen molar-refractivity contribution in [3.63, 3.8) is 0 Å². The SMILES string of the molecule is CCc1cnc(C(C)NC(c2ccccc2)C(F)(F)F)s1. The number of halogens is 3. The highest BCUT2D eigenvalue weighted by molar-refractivity contribution is 7.11. The third kappa shape index (κ3) is 4.04. The number of aromatic nitrogens is 1. The van der Waals surface area contributed by atoms with Crippen molar-refractivity contribution in [3.8, 4) is 0 Å². The van der Waals surface area contributed by atoms with Crippen molar-refractivity contribution >= 4 is 11.3 Å². The Bertz CT molecular complexity index is 566. The molecule has 0 amide bonds. The van der Waals surface area contributed by atoms with Crippen LogP contribution in [0.25, 0.3) is 0 Å². The molecule has 1 heterocycles. The first kappa shape index (κ1) is 16.0. The predicted octanol–water partition coefficient (Wildman–Crippen LogP) is 4.66. The number of thiazole rings is 1. The molecule has 1 aromatic heterocycles. The van der Waals surface area contributed by atoms with E-state index in [0.717, 1.165) is 11.3 Å².